The molecule has 0 saturated heterocycles. The molecule has 0 fully saturated rings. The van der Waals surface area contributed by atoms with Crippen LogP contribution in [0.5, 0.6) is 0 Å². The first-order chi connectivity index (χ1) is 20.7. The van der Waals surface area contributed by atoms with Crippen molar-refractivity contribution in [2.75, 3.05) is 0 Å². The molecule has 2 aromatic heterocycles. The van der Waals surface area contributed by atoms with Crippen LogP contribution in [0.4, 0.5) is 4.39 Å². The second kappa shape index (κ2) is 10.1. The summed E-state index contributed by atoms with van der Waals surface area (Å²) in [6, 6.07) is 34.7. The zero-order valence-corrected chi connectivity index (χ0v) is 25.2. The van der Waals surface area contributed by atoms with Crippen LogP contribution in [0.2, 0.25) is 0 Å². The molecule has 0 spiro atoms. The summed E-state index contributed by atoms with van der Waals surface area (Å²) in [6.07, 6.45) is 4.11. The number of furan rings is 1. The van der Waals surface area contributed by atoms with E-state index in [1.54, 1.807) is 6.07 Å². The third-order valence-electron chi connectivity index (χ3n) is 8.48. The Hall–Kier alpha value is -4.96. The summed E-state index contributed by atoms with van der Waals surface area (Å²) in [5.74, 6) is 0.697. The largest absolute Gasteiger partial charge is 0.454 e. The van der Waals surface area contributed by atoms with Gasteiger partial charge in [0.05, 0.1) is 12.6 Å². The Balaban J connectivity index is 1.37. The van der Waals surface area contributed by atoms with Gasteiger partial charge in [-0.15, -0.1) is 0 Å². The zero-order valence-electron chi connectivity index (χ0n) is 25.2. The lowest BCUT2D eigenvalue weighted by Crippen LogP contribution is -2.29. The lowest BCUT2D eigenvalue weighted by atomic mass is 9.86. The molecule has 7 rings (SSSR count). The molecule has 0 radical (unpaired) electrons. The minimum Gasteiger partial charge on any atom is -0.454 e. The third kappa shape index (κ3) is 4.54. The van der Waals surface area contributed by atoms with E-state index in [2.05, 4.69) is 104 Å². The molecule has 212 valence electrons. The second-order valence-electron chi connectivity index (χ2n) is 12.4. The number of para-hydroxylation sites is 1. The summed E-state index contributed by atoms with van der Waals surface area (Å²) in [5.41, 5.74) is 9.34. The third-order valence-corrected chi connectivity index (χ3v) is 8.48. The van der Waals surface area contributed by atoms with E-state index in [1.165, 1.54) is 5.56 Å². The van der Waals surface area contributed by atoms with E-state index in [1.807, 2.05) is 49.6 Å². The molecule has 0 aliphatic rings. The number of fused-ring (bicyclic) bond motifs is 3. The van der Waals surface area contributed by atoms with Gasteiger partial charge in [-0.2, -0.15) is 4.57 Å². The highest BCUT2D eigenvalue weighted by Crippen LogP contribution is 2.42. The fourth-order valence-electron chi connectivity index (χ4n) is 6.09. The Morgan fingerprint density at radius 1 is 0.674 bits per heavy atom. The molecule has 4 heteroatoms. The molecule has 0 atom stereocenters. The van der Waals surface area contributed by atoms with Gasteiger partial charge >= 0.3 is 0 Å². The van der Waals surface area contributed by atoms with E-state index < -0.39 is 0 Å². The van der Waals surface area contributed by atoms with Crippen LogP contribution in [0.15, 0.2) is 120 Å². The summed E-state index contributed by atoms with van der Waals surface area (Å²) < 4.78 is 26.6. The Morgan fingerprint density at radius 2 is 1.26 bits per heavy atom. The van der Waals surface area contributed by atoms with Gasteiger partial charge < -0.3 is 4.42 Å². The second-order valence-corrected chi connectivity index (χ2v) is 12.4. The van der Waals surface area contributed by atoms with E-state index >= 15 is 4.39 Å². The maximum Gasteiger partial charge on any atom is 0.297 e. The van der Waals surface area contributed by atoms with Crippen molar-refractivity contribution < 1.29 is 13.4 Å². The molecule has 0 bridgehead atoms. The van der Waals surface area contributed by atoms with Gasteiger partial charge in [-0.25, -0.2) is 8.96 Å². The van der Waals surface area contributed by atoms with Crippen LogP contribution in [0, 0.1) is 12.7 Å². The number of hydrogen-bond donors (Lipinski definition) is 0. The van der Waals surface area contributed by atoms with Crippen molar-refractivity contribution in [2.24, 2.45) is 7.05 Å². The van der Waals surface area contributed by atoms with Crippen molar-refractivity contribution in [3.63, 3.8) is 0 Å². The average molecular weight is 566 g/mol. The molecule has 7 aromatic rings. The lowest BCUT2D eigenvalue weighted by molar-refractivity contribution is -0.659. The van der Waals surface area contributed by atoms with E-state index in [-0.39, 0.29) is 11.2 Å². The predicted molar refractivity (Wildman–Crippen MR) is 174 cm³/mol. The van der Waals surface area contributed by atoms with Crippen LogP contribution in [-0.2, 0) is 12.5 Å². The Morgan fingerprint density at radius 3 is 1.91 bits per heavy atom. The number of rotatable bonds is 4. The van der Waals surface area contributed by atoms with Crippen LogP contribution < -0.4 is 4.57 Å². The molecule has 0 amide bonds. The minimum absolute atomic E-state index is 0.103. The zero-order chi connectivity index (χ0) is 29.9. The van der Waals surface area contributed by atoms with E-state index in [9.17, 15) is 0 Å². The maximum absolute atomic E-state index is 15.6. The van der Waals surface area contributed by atoms with Gasteiger partial charge in [-0.1, -0.05) is 99.6 Å². The quantitative estimate of drug-likeness (QED) is 0.195. The molecule has 5 aromatic carbocycles. The number of aryl methyl sites for hydroxylation is 2. The van der Waals surface area contributed by atoms with Gasteiger partial charge in [0.25, 0.3) is 5.82 Å². The molecule has 0 aliphatic carbocycles. The summed E-state index contributed by atoms with van der Waals surface area (Å²) in [4.78, 5) is 0. The number of benzene rings is 5. The van der Waals surface area contributed by atoms with Gasteiger partial charge in [-0.05, 0) is 64.4 Å². The number of imidazole rings is 1. The van der Waals surface area contributed by atoms with E-state index in [0.29, 0.717) is 11.1 Å². The molecular formula is C39H34FN2O+. The number of halogens is 1. The summed E-state index contributed by atoms with van der Waals surface area (Å²) in [7, 11) is 2.04. The summed E-state index contributed by atoms with van der Waals surface area (Å²) in [5, 5.41) is 1.86. The Labute approximate surface area is 251 Å². The standard InChI is InChI=1S/C39H34FN2O/c1-25-11-20-31-32-21-22-33(40)35(28-14-12-26(13-15-28)27-16-18-29(19-17-27)39(2,3)4)37(32)43-36(31)34(25)38-41(5)23-24-42(38)30-9-7-6-8-10-30/h6-24H,1-5H3/q+1. The molecule has 0 unspecified atom stereocenters. The highest BCUT2D eigenvalue weighted by atomic mass is 19.1. The van der Waals surface area contributed by atoms with Crippen molar-refractivity contribution in [3.05, 3.63) is 132 Å². The van der Waals surface area contributed by atoms with E-state index in [4.69, 9.17) is 4.42 Å². The smallest absolute Gasteiger partial charge is 0.297 e. The highest BCUT2D eigenvalue weighted by Gasteiger charge is 2.27. The average Bonchev–Trinajstić information content (AvgIpc) is 3.57. The SMILES string of the molecule is Cc1ccc2c(oc3c(-c4ccc(-c5ccc(C(C)(C)C)cc5)cc4)c(F)ccc32)c1-c1n(-c2ccccc2)cc[n+]1C. The fourth-order valence-corrected chi connectivity index (χ4v) is 6.09. The first kappa shape index (κ1) is 26.9. The Bertz CT molecular complexity index is 2110. The van der Waals surface area contributed by atoms with E-state index in [0.717, 1.165) is 55.7 Å². The summed E-state index contributed by atoms with van der Waals surface area (Å²) >= 11 is 0. The van der Waals surface area contributed by atoms with Gasteiger partial charge in [0.2, 0.25) is 0 Å². The predicted octanol–water partition coefficient (Wildman–Crippen LogP) is 9.95. The topological polar surface area (TPSA) is 21.9 Å². The van der Waals surface area contributed by atoms with Crippen molar-refractivity contribution in [1.82, 2.24) is 4.57 Å². The summed E-state index contributed by atoms with van der Waals surface area (Å²) in [6.45, 7) is 8.75. The molecule has 0 saturated carbocycles. The molecule has 0 N–H and O–H groups in total. The van der Waals surface area contributed by atoms with Crippen LogP contribution in [0.3, 0.4) is 0 Å². The van der Waals surface area contributed by atoms with Crippen LogP contribution in [0.1, 0.15) is 31.9 Å². The van der Waals surface area contributed by atoms with Crippen molar-refractivity contribution >= 4 is 21.9 Å². The van der Waals surface area contributed by atoms with Gasteiger partial charge in [0.15, 0.2) is 5.58 Å². The highest BCUT2D eigenvalue weighted by molar-refractivity contribution is 6.13. The Kier molecular flexibility index (Phi) is 6.32. The van der Waals surface area contributed by atoms with Gasteiger partial charge in [0, 0.05) is 10.8 Å². The van der Waals surface area contributed by atoms with Crippen molar-refractivity contribution in [2.45, 2.75) is 33.1 Å². The first-order valence-corrected chi connectivity index (χ1v) is 14.7. The molecular weight excluding hydrogens is 531 g/mol. The maximum atomic E-state index is 15.6. The first-order valence-electron chi connectivity index (χ1n) is 14.7. The number of nitrogens with zero attached hydrogens (tertiary/aromatic N) is 2. The normalized spacial score (nSPS) is 12.0. The van der Waals surface area contributed by atoms with Gasteiger partial charge in [-0.3, -0.25) is 0 Å². The molecule has 0 aliphatic heterocycles. The van der Waals surface area contributed by atoms with Crippen molar-refractivity contribution in [3.8, 4) is 39.3 Å². The molecule has 43 heavy (non-hydrogen) atoms. The fraction of sp³-hybridized carbons (Fsp3) is 0.154. The monoisotopic (exact) mass is 565 g/mol. The number of hydrogen-bond acceptors (Lipinski definition) is 1. The molecule has 2 heterocycles. The minimum atomic E-state index is -0.301. The molecule has 3 nitrogen and oxygen atoms in total. The van der Waals surface area contributed by atoms with Crippen molar-refractivity contribution in [1.29, 1.82) is 0 Å². The van der Waals surface area contributed by atoms with Crippen LogP contribution in [-0.4, -0.2) is 4.57 Å². The van der Waals surface area contributed by atoms with Crippen LogP contribution >= 0.6 is 0 Å². The van der Waals surface area contributed by atoms with Crippen LogP contribution in [0.25, 0.3) is 61.3 Å². The lowest BCUT2D eigenvalue weighted by Gasteiger charge is -2.19. The number of aromatic nitrogens is 2. The van der Waals surface area contributed by atoms with Gasteiger partial charge in [0.1, 0.15) is 35.0 Å².